The van der Waals surface area contributed by atoms with Crippen molar-refractivity contribution in [3.8, 4) is 5.75 Å². The SMILES string of the molecule is O=C(O)NCc1cc(COc2ccccc2)ccn1. The Hall–Kier alpha value is -2.56. The lowest BCUT2D eigenvalue weighted by atomic mass is 10.2. The molecule has 19 heavy (non-hydrogen) atoms. The van der Waals surface area contributed by atoms with Gasteiger partial charge in [-0.3, -0.25) is 4.98 Å². The van der Waals surface area contributed by atoms with Gasteiger partial charge >= 0.3 is 6.09 Å². The van der Waals surface area contributed by atoms with Crippen molar-refractivity contribution in [2.75, 3.05) is 0 Å². The molecule has 1 amide bonds. The molecule has 2 rings (SSSR count). The van der Waals surface area contributed by atoms with E-state index in [2.05, 4.69) is 10.3 Å². The monoisotopic (exact) mass is 258 g/mol. The second-order valence-electron chi connectivity index (χ2n) is 3.92. The van der Waals surface area contributed by atoms with Gasteiger partial charge < -0.3 is 15.2 Å². The van der Waals surface area contributed by atoms with Crippen LogP contribution < -0.4 is 10.1 Å². The highest BCUT2D eigenvalue weighted by molar-refractivity contribution is 5.64. The molecule has 0 atom stereocenters. The number of amides is 1. The van der Waals surface area contributed by atoms with Crippen LogP contribution in [0.3, 0.4) is 0 Å². The average Bonchev–Trinajstić information content (AvgIpc) is 2.44. The van der Waals surface area contributed by atoms with Gasteiger partial charge in [-0.2, -0.15) is 0 Å². The number of carbonyl (C=O) groups is 1. The summed E-state index contributed by atoms with van der Waals surface area (Å²) in [7, 11) is 0. The van der Waals surface area contributed by atoms with E-state index in [1.165, 1.54) is 0 Å². The van der Waals surface area contributed by atoms with Crippen LogP contribution in [0, 0.1) is 0 Å². The van der Waals surface area contributed by atoms with Gasteiger partial charge in [0.05, 0.1) is 12.2 Å². The zero-order valence-corrected chi connectivity index (χ0v) is 10.2. The molecule has 0 aliphatic rings. The second kappa shape index (κ2) is 6.39. The Morgan fingerprint density at radius 1 is 1.26 bits per heavy atom. The van der Waals surface area contributed by atoms with Gasteiger partial charge in [0, 0.05) is 6.20 Å². The van der Waals surface area contributed by atoms with E-state index in [1.54, 1.807) is 6.20 Å². The smallest absolute Gasteiger partial charge is 0.404 e. The molecule has 1 aromatic carbocycles. The summed E-state index contributed by atoms with van der Waals surface area (Å²) in [5.41, 5.74) is 1.61. The number of ether oxygens (including phenoxy) is 1. The lowest BCUT2D eigenvalue weighted by Crippen LogP contribution is -2.20. The summed E-state index contributed by atoms with van der Waals surface area (Å²) in [6, 6.07) is 13.2. The molecule has 5 nitrogen and oxygen atoms in total. The molecule has 0 bridgehead atoms. The van der Waals surface area contributed by atoms with Crippen LogP contribution in [0.5, 0.6) is 5.75 Å². The van der Waals surface area contributed by atoms with E-state index in [1.807, 2.05) is 42.5 Å². The molecule has 0 radical (unpaired) electrons. The summed E-state index contributed by atoms with van der Waals surface area (Å²) < 4.78 is 5.61. The van der Waals surface area contributed by atoms with Crippen LogP contribution in [-0.2, 0) is 13.2 Å². The quantitative estimate of drug-likeness (QED) is 0.864. The van der Waals surface area contributed by atoms with Crippen molar-refractivity contribution in [1.29, 1.82) is 0 Å². The highest BCUT2D eigenvalue weighted by Gasteiger charge is 2.01. The Morgan fingerprint density at radius 2 is 2.05 bits per heavy atom. The Kier molecular flexibility index (Phi) is 4.34. The maximum atomic E-state index is 10.4. The number of rotatable bonds is 5. The topological polar surface area (TPSA) is 71.5 Å². The number of hydrogen-bond donors (Lipinski definition) is 2. The minimum Gasteiger partial charge on any atom is -0.489 e. The summed E-state index contributed by atoms with van der Waals surface area (Å²) in [6.07, 6.45) is 0.579. The molecule has 5 heteroatoms. The Labute approximate surface area is 110 Å². The zero-order chi connectivity index (χ0) is 13.5. The van der Waals surface area contributed by atoms with Gasteiger partial charge in [-0.15, -0.1) is 0 Å². The lowest BCUT2D eigenvalue weighted by Gasteiger charge is -2.07. The first-order valence-electron chi connectivity index (χ1n) is 5.82. The third kappa shape index (κ3) is 4.31. The molecule has 0 aliphatic heterocycles. The van der Waals surface area contributed by atoms with Crippen LogP contribution in [-0.4, -0.2) is 16.2 Å². The van der Waals surface area contributed by atoms with Crippen molar-refractivity contribution in [2.24, 2.45) is 0 Å². The molecule has 0 unspecified atom stereocenters. The summed E-state index contributed by atoms with van der Waals surface area (Å²) >= 11 is 0. The summed E-state index contributed by atoms with van der Waals surface area (Å²) in [6.45, 7) is 0.612. The van der Waals surface area contributed by atoms with Crippen molar-refractivity contribution >= 4 is 6.09 Å². The van der Waals surface area contributed by atoms with Gasteiger partial charge in [-0.25, -0.2) is 4.79 Å². The second-order valence-corrected chi connectivity index (χ2v) is 3.92. The van der Waals surface area contributed by atoms with Gasteiger partial charge in [-0.05, 0) is 29.8 Å². The van der Waals surface area contributed by atoms with Crippen LogP contribution in [0.25, 0.3) is 0 Å². The number of benzene rings is 1. The van der Waals surface area contributed by atoms with Crippen LogP contribution >= 0.6 is 0 Å². The van der Waals surface area contributed by atoms with Crippen molar-refractivity contribution in [1.82, 2.24) is 10.3 Å². The minimum absolute atomic E-state index is 0.189. The van der Waals surface area contributed by atoms with Crippen LogP contribution in [0.1, 0.15) is 11.3 Å². The number of pyridine rings is 1. The average molecular weight is 258 g/mol. The van der Waals surface area contributed by atoms with E-state index in [-0.39, 0.29) is 6.54 Å². The predicted octanol–water partition coefficient (Wildman–Crippen LogP) is 2.43. The number of nitrogens with one attached hydrogen (secondary N) is 1. The van der Waals surface area contributed by atoms with Crippen molar-refractivity contribution < 1.29 is 14.6 Å². The number of aromatic nitrogens is 1. The van der Waals surface area contributed by atoms with Gasteiger partial charge in [0.25, 0.3) is 0 Å². The number of hydrogen-bond acceptors (Lipinski definition) is 3. The Bertz CT molecular complexity index is 543. The van der Waals surface area contributed by atoms with E-state index in [0.717, 1.165) is 11.3 Å². The number of nitrogens with zero attached hydrogens (tertiary/aromatic N) is 1. The first-order valence-corrected chi connectivity index (χ1v) is 5.82. The number of carboxylic acid groups (broad SMARTS) is 1. The Morgan fingerprint density at radius 3 is 2.79 bits per heavy atom. The van der Waals surface area contributed by atoms with E-state index in [0.29, 0.717) is 12.3 Å². The fraction of sp³-hybridized carbons (Fsp3) is 0.143. The van der Waals surface area contributed by atoms with Gasteiger partial charge in [0.15, 0.2) is 0 Å². The molecule has 2 aromatic rings. The largest absolute Gasteiger partial charge is 0.489 e. The van der Waals surface area contributed by atoms with Crippen molar-refractivity contribution in [3.05, 3.63) is 59.9 Å². The first kappa shape index (κ1) is 12.9. The predicted molar refractivity (Wildman–Crippen MR) is 69.9 cm³/mol. The summed E-state index contributed by atoms with van der Waals surface area (Å²) in [5, 5.41) is 10.8. The first-order chi connectivity index (χ1) is 9.24. The van der Waals surface area contributed by atoms with E-state index in [9.17, 15) is 4.79 Å². The zero-order valence-electron chi connectivity index (χ0n) is 10.2. The molecule has 0 aliphatic carbocycles. The maximum Gasteiger partial charge on any atom is 0.404 e. The third-order valence-electron chi connectivity index (χ3n) is 2.45. The molecule has 1 aromatic heterocycles. The summed E-state index contributed by atoms with van der Waals surface area (Å²) in [5.74, 6) is 0.796. The van der Waals surface area contributed by atoms with E-state index >= 15 is 0 Å². The molecule has 0 saturated heterocycles. The summed E-state index contributed by atoms with van der Waals surface area (Å²) in [4.78, 5) is 14.5. The van der Waals surface area contributed by atoms with Gasteiger partial charge in [0.1, 0.15) is 12.4 Å². The van der Waals surface area contributed by atoms with Gasteiger partial charge in [0.2, 0.25) is 0 Å². The van der Waals surface area contributed by atoms with Crippen molar-refractivity contribution in [3.63, 3.8) is 0 Å². The third-order valence-corrected chi connectivity index (χ3v) is 2.45. The molecular weight excluding hydrogens is 244 g/mol. The normalized spacial score (nSPS) is 9.89. The van der Waals surface area contributed by atoms with Crippen molar-refractivity contribution in [2.45, 2.75) is 13.2 Å². The number of para-hydroxylation sites is 1. The standard InChI is InChI=1S/C14H14N2O3/c17-14(18)16-9-12-8-11(6-7-15-12)10-19-13-4-2-1-3-5-13/h1-8,16H,9-10H2,(H,17,18). The highest BCUT2D eigenvalue weighted by atomic mass is 16.5. The molecule has 0 fully saturated rings. The fourth-order valence-corrected chi connectivity index (χ4v) is 1.56. The van der Waals surface area contributed by atoms with Crippen LogP contribution in [0.4, 0.5) is 4.79 Å². The van der Waals surface area contributed by atoms with Crippen LogP contribution in [0.2, 0.25) is 0 Å². The molecule has 1 heterocycles. The fourth-order valence-electron chi connectivity index (χ4n) is 1.56. The Balaban J connectivity index is 1.93. The highest BCUT2D eigenvalue weighted by Crippen LogP contribution is 2.11. The molecular formula is C14H14N2O3. The molecule has 0 saturated carbocycles. The lowest BCUT2D eigenvalue weighted by molar-refractivity contribution is 0.194. The minimum atomic E-state index is -1.06. The van der Waals surface area contributed by atoms with Crippen LogP contribution in [0.15, 0.2) is 48.7 Å². The van der Waals surface area contributed by atoms with E-state index < -0.39 is 6.09 Å². The van der Waals surface area contributed by atoms with Gasteiger partial charge in [-0.1, -0.05) is 18.2 Å². The molecule has 98 valence electrons. The van der Waals surface area contributed by atoms with E-state index in [4.69, 9.17) is 9.84 Å². The maximum absolute atomic E-state index is 10.4. The molecule has 2 N–H and O–H groups in total. The molecule has 0 spiro atoms.